The third-order valence-corrected chi connectivity index (χ3v) is 3.45. The van der Waals surface area contributed by atoms with Gasteiger partial charge >= 0.3 is 0 Å². The van der Waals surface area contributed by atoms with E-state index in [2.05, 4.69) is 47.9 Å². The van der Waals surface area contributed by atoms with E-state index in [0.717, 1.165) is 0 Å². The van der Waals surface area contributed by atoms with E-state index in [1.165, 1.54) is 91.3 Å². The summed E-state index contributed by atoms with van der Waals surface area (Å²) in [5, 5.41) is 0. The quantitative estimate of drug-likeness (QED) is 0.148. The fourth-order valence-corrected chi connectivity index (χ4v) is 2.07. The van der Waals surface area contributed by atoms with Gasteiger partial charge < -0.3 is 0 Å². The van der Waals surface area contributed by atoms with Gasteiger partial charge in [-0.2, -0.15) is 0 Å². The lowest BCUT2D eigenvalue weighted by molar-refractivity contribution is -0.248. The molecule has 0 N–H and O–H groups in total. The zero-order valence-corrected chi connectivity index (χ0v) is 15.6. The van der Waals surface area contributed by atoms with Gasteiger partial charge in [-0.05, 0) is 38.5 Å². The van der Waals surface area contributed by atoms with Crippen molar-refractivity contribution in [2.45, 2.75) is 90.9 Å². The first-order chi connectivity index (χ1) is 10.8. The summed E-state index contributed by atoms with van der Waals surface area (Å²) in [6, 6.07) is 0. The Morgan fingerprint density at radius 3 is 1.36 bits per heavy atom. The smallest absolute Gasteiger partial charge is 0.0712 e. The molecule has 0 unspecified atom stereocenters. The molecule has 0 aliphatic heterocycles. The lowest BCUT2D eigenvalue weighted by Crippen LogP contribution is -1.79. The van der Waals surface area contributed by atoms with E-state index in [0.29, 0.717) is 0 Å². The highest BCUT2D eigenvalue weighted by molar-refractivity contribution is 4.81. The molecular formula is C20H40O2. The molecule has 22 heavy (non-hydrogen) atoms. The van der Waals surface area contributed by atoms with Gasteiger partial charge in [-0.25, -0.2) is 9.78 Å². The van der Waals surface area contributed by atoms with Gasteiger partial charge in [0.05, 0.1) is 14.2 Å². The highest BCUT2D eigenvalue weighted by atomic mass is 17.2. The average molecular weight is 313 g/mol. The number of hydrogen-bond donors (Lipinski definition) is 0. The highest BCUT2D eigenvalue weighted by Crippen LogP contribution is 2.09. The molecule has 0 aromatic rings. The van der Waals surface area contributed by atoms with Gasteiger partial charge in [0.1, 0.15) is 0 Å². The molecule has 0 aliphatic rings. The molecule has 2 heteroatoms. The summed E-state index contributed by atoms with van der Waals surface area (Å²) in [4.78, 5) is 8.08. The maximum atomic E-state index is 4.04. The molecule has 0 heterocycles. The summed E-state index contributed by atoms with van der Waals surface area (Å²) in [7, 11) is 2.92. The number of hydrogen-bond acceptors (Lipinski definition) is 2. The van der Waals surface area contributed by atoms with Crippen LogP contribution < -0.4 is 0 Å². The molecule has 0 aliphatic carbocycles. The van der Waals surface area contributed by atoms with E-state index in [4.69, 9.17) is 0 Å². The molecule has 0 saturated heterocycles. The van der Waals surface area contributed by atoms with Crippen LogP contribution >= 0.6 is 0 Å². The zero-order chi connectivity index (χ0) is 16.7. The fourth-order valence-electron chi connectivity index (χ4n) is 2.07. The standard InChI is InChI=1S/C18H34.C2H6O2/c1-3-5-7-9-11-13-15-17-18-16-14-12-10-8-6-4-2;1-3-4-2/h5,7,10,12H,3-4,6,8-9,11,13-18H2,1-2H3;1-2H3/b7-5-,12-10-;. The van der Waals surface area contributed by atoms with E-state index < -0.39 is 0 Å². The third-order valence-electron chi connectivity index (χ3n) is 3.45. The number of unbranched alkanes of at least 4 members (excludes halogenated alkanes) is 9. The summed E-state index contributed by atoms with van der Waals surface area (Å²) in [6.07, 6.45) is 25.5. The predicted molar refractivity (Wildman–Crippen MR) is 99.1 cm³/mol. The fraction of sp³-hybridized carbons (Fsp3) is 0.800. The second-order valence-electron chi connectivity index (χ2n) is 5.53. The minimum absolute atomic E-state index is 1.19. The van der Waals surface area contributed by atoms with Gasteiger partial charge in [0.15, 0.2) is 0 Å². The summed E-state index contributed by atoms with van der Waals surface area (Å²) >= 11 is 0. The van der Waals surface area contributed by atoms with Crippen molar-refractivity contribution >= 4 is 0 Å². The molecule has 0 amide bonds. The molecule has 0 spiro atoms. The van der Waals surface area contributed by atoms with Gasteiger partial charge in [0.2, 0.25) is 0 Å². The molecule has 0 radical (unpaired) electrons. The van der Waals surface area contributed by atoms with Crippen molar-refractivity contribution in [1.82, 2.24) is 0 Å². The van der Waals surface area contributed by atoms with Crippen LogP contribution in [0.4, 0.5) is 0 Å². The van der Waals surface area contributed by atoms with Gasteiger partial charge in [0, 0.05) is 0 Å². The summed E-state index contributed by atoms with van der Waals surface area (Å²) in [5.41, 5.74) is 0. The van der Waals surface area contributed by atoms with Gasteiger partial charge in [-0.15, -0.1) is 0 Å². The first kappa shape index (κ1) is 23.7. The molecule has 0 aromatic heterocycles. The molecule has 132 valence electrons. The van der Waals surface area contributed by atoms with Crippen molar-refractivity contribution in [3.8, 4) is 0 Å². The SMILES string of the molecule is CC/C=C\CCCCCCCC/C=C\CCCC.COOC. The van der Waals surface area contributed by atoms with Gasteiger partial charge in [0.25, 0.3) is 0 Å². The Bertz CT molecular complexity index is 220. The maximum absolute atomic E-state index is 4.04. The first-order valence-corrected chi connectivity index (χ1v) is 9.20. The van der Waals surface area contributed by atoms with Crippen LogP contribution in [0.1, 0.15) is 90.9 Å². The molecule has 0 saturated carbocycles. The van der Waals surface area contributed by atoms with E-state index in [1.807, 2.05) is 0 Å². The van der Waals surface area contributed by atoms with Crippen molar-refractivity contribution in [1.29, 1.82) is 0 Å². The van der Waals surface area contributed by atoms with Gasteiger partial charge in [-0.3, -0.25) is 0 Å². The van der Waals surface area contributed by atoms with Crippen molar-refractivity contribution in [2.24, 2.45) is 0 Å². The van der Waals surface area contributed by atoms with Crippen LogP contribution in [0, 0.1) is 0 Å². The molecule has 0 rings (SSSR count). The molecular weight excluding hydrogens is 272 g/mol. The van der Waals surface area contributed by atoms with Crippen molar-refractivity contribution in [3.05, 3.63) is 24.3 Å². The van der Waals surface area contributed by atoms with Crippen molar-refractivity contribution in [2.75, 3.05) is 14.2 Å². The zero-order valence-electron chi connectivity index (χ0n) is 15.6. The van der Waals surface area contributed by atoms with Crippen LogP contribution in [0.5, 0.6) is 0 Å². The normalized spacial score (nSPS) is 11.1. The Balaban J connectivity index is 0. The van der Waals surface area contributed by atoms with Crippen molar-refractivity contribution < 1.29 is 9.78 Å². The van der Waals surface area contributed by atoms with Crippen molar-refractivity contribution in [3.63, 3.8) is 0 Å². The van der Waals surface area contributed by atoms with E-state index in [9.17, 15) is 0 Å². The summed E-state index contributed by atoms with van der Waals surface area (Å²) in [6.45, 7) is 4.46. The minimum Gasteiger partial charge on any atom is -0.240 e. The van der Waals surface area contributed by atoms with Crippen LogP contribution in [0.25, 0.3) is 0 Å². The third kappa shape index (κ3) is 27.7. The van der Waals surface area contributed by atoms with Crippen LogP contribution in [0.3, 0.4) is 0 Å². The molecule has 0 fully saturated rings. The Morgan fingerprint density at radius 1 is 0.545 bits per heavy atom. The van der Waals surface area contributed by atoms with Gasteiger partial charge in [-0.1, -0.05) is 76.7 Å². The largest absolute Gasteiger partial charge is 0.240 e. The lowest BCUT2D eigenvalue weighted by atomic mass is 10.1. The van der Waals surface area contributed by atoms with Crippen LogP contribution in [0.15, 0.2) is 24.3 Å². The second kappa shape index (κ2) is 25.4. The van der Waals surface area contributed by atoms with E-state index >= 15 is 0 Å². The van der Waals surface area contributed by atoms with Crippen LogP contribution in [-0.4, -0.2) is 14.2 Å². The summed E-state index contributed by atoms with van der Waals surface area (Å²) in [5.74, 6) is 0. The topological polar surface area (TPSA) is 18.5 Å². The maximum Gasteiger partial charge on any atom is 0.0712 e. The molecule has 0 aromatic carbocycles. The molecule has 2 nitrogen and oxygen atoms in total. The second-order valence-corrected chi connectivity index (χ2v) is 5.53. The Morgan fingerprint density at radius 2 is 0.955 bits per heavy atom. The number of rotatable bonds is 14. The van der Waals surface area contributed by atoms with E-state index in [-0.39, 0.29) is 0 Å². The first-order valence-electron chi connectivity index (χ1n) is 9.20. The highest BCUT2D eigenvalue weighted by Gasteiger charge is 1.89. The lowest BCUT2D eigenvalue weighted by Gasteiger charge is -1.99. The Hall–Kier alpha value is -0.600. The molecule has 0 bridgehead atoms. The average Bonchev–Trinajstić information content (AvgIpc) is 2.55. The predicted octanol–water partition coefficient (Wildman–Crippen LogP) is 7.01. The Labute approximate surface area is 139 Å². The Kier molecular flexibility index (Phi) is 27.3. The van der Waals surface area contributed by atoms with Crippen LogP contribution in [-0.2, 0) is 9.78 Å². The monoisotopic (exact) mass is 312 g/mol. The van der Waals surface area contributed by atoms with E-state index in [1.54, 1.807) is 0 Å². The number of allylic oxidation sites excluding steroid dienone is 4. The van der Waals surface area contributed by atoms with Crippen LogP contribution in [0.2, 0.25) is 0 Å². The molecule has 0 atom stereocenters. The minimum atomic E-state index is 1.19. The summed E-state index contributed by atoms with van der Waals surface area (Å²) < 4.78 is 0.